The smallest absolute Gasteiger partial charge is 0.416 e. The first-order valence-electron chi connectivity index (χ1n) is 13.5. The molecule has 4 aliphatic heterocycles. The summed E-state index contributed by atoms with van der Waals surface area (Å²) in [5.74, 6) is 1.09. The SMILES string of the molecule is C=CC(=O)N1CCN(C2CCCC/C=C/CN3C(=O)OCc4cnc(nc43)N[C@@H](C)c3ccc2cc3)CC1. The van der Waals surface area contributed by atoms with E-state index in [1.807, 2.05) is 11.0 Å². The summed E-state index contributed by atoms with van der Waals surface area (Å²) in [7, 11) is 0. The Balaban J connectivity index is 1.38. The number of cyclic esters (lactones) is 1. The van der Waals surface area contributed by atoms with E-state index >= 15 is 0 Å². The van der Waals surface area contributed by atoms with Gasteiger partial charge in [0.25, 0.3) is 0 Å². The van der Waals surface area contributed by atoms with Crippen LogP contribution in [0.4, 0.5) is 16.6 Å². The van der Waals surface area contributed by atoms with E-state index in [4.69, 9.17) is 4.74 Å². The van der Waals surface area contributed by atoms with Gasteiger partial charge in [-0.3, -0.25) is 14.6 Å². The van der Waals surface area contributed by atoms with Gasteiger partial charge in [0, 0.05) is 45.0 Å². The van der Waals surface area contributed by atoms with E-state index in [1.165, 1.54) is 11.6 Å². The standard InChI is InChI=1S/C29H36N6O3/c1-3-26(36)34-17-15-33(16-18-34)25-9-7-5-4-6-8-14-35-27-24(20-38-29(35)37)19-30-28(32-27)31-21(2)22-10-12-23(25)13-11-22/h3,6,8,10-13,19,21,25H,1,4-5,7,9,14-18,20H2,2H3,(H,30,31,32)/b8-6+/t21-,25?/m0/s1. The van der Waals surface area contributed by atoms with Crippen molar-refractivity contribution in [3.05, 3.63) is 72.0 Å². The van der Waals surface area contributed by atoms with Gasteiger partial charge in [-0.05, 0) is 43.4 Å². The molecule has 6 rings (SSSR count). The summed E-state index contributed by atoms with van der Waals surface area (Å²) in [6, 6.07) is 9.09. The number of allylic oxidation sites excluding steroid dienone is 1. The lowest BCUT2D eigenvalue weighted by molar-refractivity contribution is -0.128. The maximum Gasteiger partial charge on any atom is 0.416 e. The Hall–Kier alpha value is -3.72. The van der Waals surface area contributed by atoms with Gasteiger partial charge < -0.3 is 15.0 Å². The van der Waals surface area contributed by atoms with Crippen LogP contribution in [0.1, 0.15) is 61.4 Å². The molecule has 0 spiro atoms. The van der Waals surface area contributed by atoms with Gasteiger partial charge in [-0.1, -0.05) is 49.4 Å². The van der Waals surface area contributed by atoms with Gasteiger partial charge in [0.05, 0.1) is 11.6 Å². The molecule has 0 aliphatic carbocycles. The number of carbonyl (C=O) groups is 2. The molecule has 1 N–H and O–H groups in total. The van der Waals surface area contributed by atoms with Gasteiger partial charge in [-0.2, -0.15) is 4.98 Å². The molecule has 5 heterocycles. The molecule has 2 amide bonds. The third-order valence-corrected chi connectivity index (χ3v) is 7.63. The largest absolute Gasteiger partial charge is 0.444 e. The van der Waals surface area contributed by atoms with E-state index in [-0.39, 0.29) is 24.6 Å². The van der Waals surface area contributed by atoms with Crippen molar-refractivity contribution in [1.29, 1.82) is 0 Å². The Morgan fingerprint density at radius 1 is 1.11 bits per heavy atom. The number of piperazine rings is 1. The number of anilines is 2. The van der Waals surface area contributed by atoms with Crippen LogP contribution >= 0.6 is 0 Å². The molecule has 9 nitrogen and oxygen atoms in total. The van der Waals surface area contributed by atoms with Gasteiger partial charge >= 0.3 is 6.09 Å². The molecule has 0 saturated carbocycles. The molecule has 2 atom stereocenters. The summed E-state index contributed by atoms with van der Waals surface area (Å²) in [5, 5.41) is 3.39. The minimum Gasteiger partial charge on any atom is -0.444 e. The molecular formula is C29H36N6O3. The molecule has 4 bridgehead atoms. The second-order valence-corrected chi connectivity index (χ2v) is 10.1. The fourth-order valence-electron chi connectivity index (χ4n) is 5.39. The second kappa shape index (κ2) is 11.8. The number of amides is 2. The first-order valence-corrected chi connectivity index (χ1v) is 13.5. The number of fused-ring (bicyclic) bond motifs is 9. The van der Waals surface area contributed by atoms with Crippen LogP contribution in [-0.2, 0) is 16.1 Å². The molecule has 4 aliphatic rings. The highest BCUT2D eigenvalue weighted by molar-refractivity contribution is 5.89. The number of benzene rings is 1. The van der Waals surface area contributed by atoms with Crippen molar-refractivity contribution in [3.8, 4) is 0 Å². The number of ether oxygens (including phenoxy) is 1. The number of rotatable bonds is 2. The average molecular weight is 517 g/mol. The number of aromatic nitrogens is 2. The predicted molar refractivity (Wildman–Crippen MR) is 147 cm³/mol. The topological polar surface area (TPSA) is 90.9 Å². The monoisotopic (exact) mass is 516 g/mol. The number of hydrogen-bond donors (Lipinski definition) is 1. The van der Waals surface area contributed by atoms with Crippen LogP contribution in [-0.4, -0.2) is 64.5 Å². The number of carbonyl (C=O) groups excluding carboxylic acids is 2. The third kappa shape index (κ3) is 5.72. The van der Waals surface area contributed by atoms with Crippen molar-refractivity contribution in [1.82, 2.24) is 19.8 Å². The van der Waals surface area contributed by atoms with Crippen LogP contribution in [0.5, 0.6) is 0 Å². The lowest BCUT2D eigenvalue weighted by Gasteiger charge is -2.39. The zero-order valence-electron chi connectivity index (χ0n) is 22.0. The molecule has 9 heteroatoms. The fraction of sp³-hybridized carbons (Fsp3) is 0.448. The lowest BCUT2D eigenvalue weighted by Crippen LogP contribution is -2.49. The van der Waals surface area contributed by atoms with Crippen LogP contribution in [0.15, 0.2) is 55.3 Å². The Labute approximate surface area is 224 Å². The van der Waals surface area contributed by atoms with Crippen LogP contribution in [0.25, 0.3) is 0 Å². The Bertz CT molecular complexity index is 1190. The van der Waals surface area contributed by atoms with E-state index in [9.17, 15) is 9.59 Å². The van der Waals surface area contributed by atoms with Crippen molar-refractivity contribution >= 4 is 23.8 Å². The first kappa shape index (κ1) is 25.9. The summed E-state index contributed by atoms with van der Waals surface area (Å²) >= 11 is 0. The van der Waals surface area contributed by atoms with Crippen LogP contribution < -0.4 is 10.2 Å². The summed E-state index contributed by atoms with van der Waals surface area (Å²) in [5.41, 5.74) is 3.24. The second-order valence-electron chi connectivity index (χ2n) is 10.1. The summed E-state index contributed by atoms with van der Waals surface area (Å²) < 4.78 is 5.33. The summed E-state index contributed by atoms with van der Waals surface area (Å²) in [4.78, 5) is 39.7. The van der Waals surface area contributed by atoms with E-state index in [2.05, 4.69) is 64.0 Å². The Morgan fingerprint density at radius 3 is 2.63 bits per heavy atom. The highest BCUT2D eigenvalue weighted by Gasteiger charge is 2.28. The molecule has 38 heavy (non-hydrogen) atoms. The van der Waals surface area contributed by atoms with Crippen LogP contribution in [0.2, 0.25) is 0 Å². The van der Waals surface area contributed by atoms with Crippen molar-refractivity contribution in [3.63, 3.8) is 0 Å². The third-order valence-electron chi connectivity index (χ3n) is 7.63. The molecule has 2 aromatic rings. The van der Waals surface area contributed by atoms with Gasteiger partial charge in [0.2, 0.25) is 11.9 Å². The molecule has 1 saturated heterocycles. The highest BCUT2D eigenvalue weighted by atomic mass is 16.6. The number of nitrogens with one attached hydrogen (secondary N) is 1. The minimum absolute atomic E-state index is 0.00976. The molecule has 1 unspecified atom stereocenters. The van der Waals surface area contributed by atoms with E-state index in [0.29, 0.717) is 24.4 Å². The zero-order valence-corrected chi connectivity index (χ0v) is 22.0. The van der Waals surface area contributed by atoms with Gasteiger partial charge in [0.15, 0.2) is 5.82 Å². The fourth-order valence-corrected chi connectivity index (χ4v) is 5.39. The van der Waals surface area contributed by atoms with Crippen molar-refractivity contribution in [2.45, 2.75) is 51.3 Å². The average Bonchev–Trinajstić information content (AvgIpc) is 2.95. The van der Waals surface area contributed by atoms with Crippen LogP contribution in [0.3, 0.4) is 0 Å². The van der Waals surface area contributed by atoms with Gasteiger partial charge in [-0.15, -0.1) is 0 Å². The number of nitrogens with zero attached hydrogens (tertiary/aromatic N) is 5. The maximum absolute atomic E-state index is 12.5. The van der Waals surface area contributed by atoms with E-state index < -0.39 is 0 Å². The van der Waals surface area contributed by atoms with Crippen molar-refractivity contribution < 1.29 is 14.3 Å². The van der Waals surface area contributed by atoms with Crippen LogP contribution in [0, 0.1) is 0 Å². The quantitative estimate of drug-likeness (QED) is 0.461. The molecule has 0 radical (unpaired) electrons. The number of hydrogen-bond acceptors (Lipinski definition) is 7. The van der Waals surface area contributed by atoms with Crippen molar-refractivity contribution in [2.24, 2.45) is 0 Å². The Morgan fingerprint density at radius 2 is 1.87 bits per heavy atom. The summed E-state index contributed by atoms with van der Waals surface area (Å²) in [6.07, 6.45) is 11.0. The van der Waals surface area contributed by atoms with Gasteiger partial charge in [-0.25, -0.2) is 9.78 Å². The predicted octanol–water partition coefficient (Wildman–Crippen LogP) is 4.61. The molecule has 1 aromatic carbocycles. The van der Waals surface area contributed by atoms with Gasteiger partial charge in [0.1, 0.15) is 6.61 Å². The molecule has 200 valence electrons. The van der Waals surface area contributed by atoms with E-state index in [0.717, 1.165) is 63.0 Å². The van der Waals surface area contributed by atoms with Crippen molar-refractivity contribution in [2.75, 3.05) is 42.9 Å². The van der Waals surface area contributed by atoms with E-state index in [1.54, 1.807) is 11.1 Å². The molecule has 1 aromatic heterocycles. The zero-order chi connectivity index (χ0) is 26.5. The molecule has 1 fully saturated rings. The highest BCUT2D eigenvalue weighted by Crippen LogP contribution is 2.31. The Kier molecular flexibility index (Phi) is 8.03. The minimum atomic E-state index is -0.387. The normalized spacial score (nSPS) is 23.6. The lowest BCUT2D eigenvalue weighted by atomic mass is 9.96. The first-order chi connectivity index (χ1) is 18.5. The summed E-state index contributed by atoms with van der Waals surface area (Å²) in [6.45, 7) is 9.47. The molecular weight excluding hydrogens is 480 g/mol. The maximum atomic E-state index is 12.5.